The van der Waals surface area contributed by atoms with Crippen molar-refractivity contribution in [3.05, 3.63) is 28.2 Å². The van der Waals surface area contributed by atoms with Crippen molar-refractivity contribution in [2.24, 2.45) is 0 Å². The van der Waals surface area contributed by atoms with Crippen LogP contribution in [0.15, 0.2) is 22.7 Å². The van der Waals surface area contributed by atoms with Crippen LogP contribution in [0.5, 0.6) is 0 Å². The number of hydrogen-bond donors (Lipinski definition) is 1. The first-order valence-corrected chi connectivity index (χ1v) is 8.44. The SMILES string of the molecule is CN(C(=O)c1ccc(Br)cc1N)C1CCS(=O)(=O)C1.Cl. The molecule has 0 saturated carbocycles. The molecule has 20 heavy (non-hydrogen) atoms. The third-order valence-corrected chi connectivity index (χ3v) is 5.56. The van der Waals surface area contributed by atoms with E-state index in [2.05, 4.69) is 15.9 Å². The summed E-state index contributed by atoms with van der Waals surface area (Å²) in [5.41, 5.74) is 6.60. The number of sulfone groups is 1. The molecule has 0 bridgehead atoms. The average Bonchev–Trinajstić information content (AvgIpc) is 2.68. The number of amides is 1. The van der Waals surface area contributed by atoms with E-state index in [-0.39, 0.29) is 35.9 Å². The Bertz CT molecular complexity index is 621. The van der Waals surface area contributed by atoms with E-state index >= 15 is 0 Å². The number of anilines is 1. The van der Waals surface area contributed by atoms with E-state index < -0.39 is 9.84 Å². The molecule has 1 aromatic carbocycles. The number of nitrogens with two attached hydrogens (primary N) is 1. The summed E-state index contributed by atoms with van der Waals surface area (Å²) in [5.74, 6) is -0.0661. The molecular weight excluding hydrogens is 368 g/mol. The summed E-state index contributed by atoms with van der Waals surface area (Å²) in [7, 11) is -1.39. The lowest BCUT2D eigenvalue weighted by atomic mass is 10.1. The summed E-state index contributed by atoms with van der Waals surface area (Å²) in [4.78, 5) is 13.8. The fourth-order valence-corrected chi connectivity index (χ4v) is 4.32. The largest absolute Gasteiger partial charge is 0.398 e. The molecule has 112 valence electrons. The Morgan fingerprint density at radius 1 is 1.45 bits per heavy atom. The molecule has 1 saturated heterocycles. The number of carbonyl (C=O) groups is 1. The number of nitrogen functional groups attached to an aromatic ring is 1. The predicted octanol–water partition coefficient (Wildman–Crippen LogP) is 1.71. The van der Waals surface area contributed by atoms with E-state index in [0.717, 1.165) is 4.47 Å². The topological polar surface area (TPSA) is 80.5 Å². The molecule has 0 aliphatic carbocycles. The van der Waals surface area contributed by atoms with E-state index in [1.807, 2.05) is 0 Å². The minimum absolute atomic E-state index is 0. The maximum Gasteiger partial charge on any atom is 0.255 e. The molecule has 1 atom stereocenters. The van der Waals surface area contributed by atoms with Gasteiger partial charge >= 0.3 is 0 Å². The number of nitrogens with zero attached hydrogens (tertiary/aromatic N) is 1. The lowest BCUT2D eigenvalue weighted by molar-refractivity contribution is 0.0749. The van der Waals surface area contributed by atoms with Gasteiger partial charge in [-0.25, -0.2) is 8.42 Å². The average molecular weight is 384 g/mol. The first-order chi connectivity index (χ1) is 8.80. The van der Waals surface area contributed by atoms with E-state index in [1.165, 1.54) is 4.90 Å². The zero-order valence-corrected chi connectivity index (χ0v) is 14.1. The Balaban J connectivity index is 0.00000200. The second kappa shape index (κ2) is 6.32. The minimum Gasteiger partial charge on any atom is -0.398 e. The highest BCUT2D eigenvalue weighted by molar-refractivity contribution is 9.10. The number of carbonyl (C=O) groups excluding carboxylic acids is 1. The van der Waals surface area contributed by atoms with Crippen molar-refractivity contribution in [3.8, 4) is 0 Å². The lowest BCUT2D eigenvalue weighted by Gasteiger charge is -2.24. The second-order valence-corrected chi connectivity index (χ2v) is 7.85. The van der Waals surface area contributed by atoms with Crippen molar-refractivity contribution >= 4 is 49.8 Å². The molecule has 0 spiro atoms. The maximum absolute atomic E-state index is 12.3. The summed E-state index contributed by atoms with van der Waals surface area (Å²) in [6.45, 7) is 0. The van der Waals surface area contributed by atoms with Gasteiger partial charge in [-0.05, 0) is 24.6 Å². The van der Waals surface area contributed by atoms with Crippen molar-refractivity contribution < 1.29 is 13.2 Å². The first-order valence-electron chi connectivity index (χ1n) is 5.83. The van der Waals surface area contributed by atoms with Crippen molar-refractivity contribution in [2.75, 3.05) is 24.3 Å². The Hall–Kier alpha value is -0.790. The number of halogens is 2. The summed E-state index contributed by atoms with van der Waals surface area (Å²) >= 11 is 3.28. The minimum atomic E-state index is -3.01. The maximum atomic E-state index is 12.3. The summed E-state index contributed by atoms with van der Waals surface area (Å²) < 4.78 is 23.7. The van der Waals surface area contributed by atoms with Crippen molar-refractivity contribution in [3.63, 3.8) is 0 Å². The van der Waals surface area contributed by atoms with Gasteiger partial charge in [-0.1, -0.05) is 15.9 Å². The highest BCUT2D eigenvalue weighted by Crippen LogP contribution is 2.23. The Morgan fingerprint density at radius 3 is 2.60 bits per heavy atom. The van der Waals surface area contributed by atoms with Gasteiger partial charge in [0.1, 0.15) is 0 Å². The molecule has 1 aliphatic rings. The number of rotatable bonds is 2. The van der Waals surface area contributed by atoms with Crippen molar-refractivity contribution in [1.29, 1.82) is 0 Å². The molecule has 8 heteroatoms. The van der Waals surface area contributed by atoms with Crippen LogP contribution in [0, 0.1) is 0 Å². The van der Waals surface area contributed by atoms with Crippen LogP contribution in [0.1, 0.15) is 16.8 Å². The van der Waals surface area contributed by atoms with Crippen LogP contribution in [0.3, 0.4) is 0 Å². The molecular formula is C12H16BrClN2O3S. The molecule has 1 unspecified atom stereocenters. The molecule has 5 nitrogen and oxygen atoms in total. The zero-order chi connectivity index (χ0) is 14.2. The quantitative estimate of drug-likeness (QED) is 0.788. The number of benzene rings is 1. The van der Waals surface area contributed by atoms with Gasteiger partial charge in [0, 0.05) is 23.2 Å². The molecule has 1 fully saturated rings. The van der Waals surface area contributed by atoms with Crippen LogP contribution in [0.25, 0.3) is 0 Å². The third kappa shape index (κ3) is 3.65. The smallest absolute Gasteiger partial charge is 0.255 e. The summed E-state index contributed by atoms with van der Waals surface area (Å²) in [6.07, 6.45) is 0.487. The third-order valence-electron chi connectivity index (χ3n) is 3.32. The molecule has 1 amide bonds. The van der Waals surface area contributed by atoms with Gasteiger partial charge in [-0.15, -0.1) is 12.4 Å². The predicted molar refractivity (Wildman–Crippen MR) is 85.0 cm³/mol. The van der Waals surface area contributed by atoms with Gasteiger partial charge in [0.15, 0.2) is 9.84 Å². The van der Waals surface area contributed by atoms with Crippen molar-refractivity contribution in [2.45, 2.75) is 12.5 Å². The second-order valence-electron chi connectivity index (χ2n) is 4.70. The van der Waals surface area contributed by atoms with Gasteiger partial charge in [0.2, 0.25) is 0 Å². The summed E-state index contributed by atoms with van der Waals surface area (Å²) in [6, 6.07) is 4.78. The highest BCUT2D eigenvalue weighted by Gasteiger charge is 2.33. The normalized spacial score (nSPS) is 20.2. The van der Waals surface area contributed by atoms with Gasteiger partial charge < -0.3 is 10.6 Å². The van der Waals surface area contributed by atoms with E-state index in [4.69, 9.17) is 5.73 Å². The summed E-state index contributed by atoms with van der Waals surface area (Å²) in [5, 5.41) is 0. The van der Waals surface area contributed by atoms with Gasteiger partial charge in [-0.3, -0.25) is 4.79 Å². The molecule has 2 N–H and O–H groups in total. The van der Waals surface area contributed by atoms with Gasteiger partial charge in [0.25, 0.3) is 5.91 Å². The van der Waals surface area contributed by atoms with Gasteiger partial charge in [-0.2, -0.15) is 0 Å². The van der Waals surface area contributed by atoms with Crippen LogP contribution in [0.2, 0.25) is 0 Å². The van der Waals surface area contributed by atoms with Gasteiger partial charge in [0.05, 0.1) is 17.1 Å². The van der Waals surface area contributed by atoms with Crippen LogP contribution < -0.4 is 5.73 Å². The van der Waals surface area contributed by atoms with E-state index in [9.17, 15) is 13.2 Å². The molecule has 2 rings (SSSR count). The fraction of sp³-hybridized carbons (Fsp3) is 0.417. The van der Waals surface area contributed by atoms with Crippen molar-refractivity contribution in [1.82, 2.24) is 4.90 Å². The Labute approximate surface area is 133 Å². The highest BCUT2D eigenvalue weighted by atomic mass is 79.9. The molecule has 0 radical (unpaired) electrons. The molecule has 1 heterocycles. The molecule has 1 aromatic rings. The van der Waals surface area contributed by atoms with Crippen LogP contribution in [-0.4, -0.2) is 43.8 Å². The van der Waals surface area contributed by atoms with Crippen LogP contribution >= 0.6 is 28.3 Å². The monoisotopic (exact) mass is 382 g/mol. The Morgan fingerprint density at radius 2 is 2.10 bits per heavy atom. The Kier molecular flexibility index (Phi) is 5.46. The lowest BCUT2D eigenvalue weighted by Crippen LogP contribution is -2.38. The zero-order valence-electron chi connectivity index (χ0n) is 10.9. The molecule has 0 aromatic heterocycles. The van der Waals surface area contributed by atoms with Crippen LogP contribution in [-0.2, 0) is 9.84 Å². The standard InChI is InChI=1S/C12H15BrN2O3S.ClH/c1-15(9-4-5-19(17,18)7-9)12(16)10-3-2-8(13)6-11(10)14;/h2-3,6,9H,4-5,7,14H2,1H3;1H. The molecule has 1 aliphatic heterocycles. The van der Waals surface area contributed by atoms with E-state index in [0.29, 0.717) is 17.7 Å². The fourth-order valence-electron chi connectivity index (χ4n) is 2.17. The van der Waals surface area contributed by atoms with Crippen LogP contribution in [0.4, 0.5) is 5.69 Å². The van der Waals surface area contributed by atoms with E-state index in [1.54, 1.807) is 25.2 Å². The number of hydrogen-bond acceptors (Lipinski definition) is 4. The first kappa shape index (κ1) is 17.3.